The predicted molar refractivity (Wildman–Crippen MR) is 80.8 cm³/mol. The van der Waals surface area contributed by atoms with Gasteiger partial charge in [-0.1, -0.05) is 23.7 Å². The molecule has 2 aliphatic rings. The van der Waals surface area contributed by atoms with Crippen LogP contribution < -0.4 is 9.88 Å². The molecule has 3 rings (SSSR count). The van der Waals surface area contributed by atoms with Gasteiger partial charge in [-0.3, -0.25) is 4.18 Å². The Morgan fingerprint density at radius 3 is 2.77 bits per heavy atom. The maximum atomic E-state index is 10.9. The zero-order valence-electron chi connectivity index (χ0n) is 12.0. The van der Waals surface area contributed by atoms with Crippen LogP contribution in [-0.2, 0) is 19.2 Å². The molecule has 1 aromatic rings. The molecule has 8 heteroatoms. The first-order chi connectivity index (χ1) is 10.4. The number of hydrogen-bond acceptors (Lipinski definition) is 5. The molecule has 1 fully saturated rings. The lowest BCUT2D eigenvalue weighted by atomic mass is 10.0. The summed E-state index contributed by atoms with van der Waals surface area (Å²) in [6, 6.07) is 5.45. The van der Waals surface area contributed by atoms with Crippen LogP contribution in [0.5, 0.6) is 5.75 Å². The van der Waals surface area contributed by atoms with Gasteiger partial charge >= 0.3 is 10.3 Å². The maximum Gasteiger partial charge on any atom is 0.333 e. The van der Waals surface area contributed by atoms with Crippen molar-refractivity contribution in [2.75, 3.05) is 6.61 Å². The van der Waals surface area contributed by atoms with Gasteiger partial charge in [0.1, 0.15) is 5.75 Å². The van der Waals surface area contributed by atoms with Crippen LogP contribution in [0.3, 0.4) is 0 Å². The van der Waals surface area contributed by atoms with Crippen LogP contribution in [-0.4, -0.2) is 20.8 Å². The van der Waals surface area contributed by atoms with Crippen molar-refractivity contribution in [1.82, 2.24) is 0 Å². The van der Waals surface area contributed by atoms with E-state index >= 15 is 0 Å². The number of fused-ring (bicyclic) bond motifs is 1. The van der Waals surface area contributed by atoms with E-state index < -0.39 is 16.1 Å². The normalized spacial score (nSPS) is 23.3. The molecule has 122 valence electrons. The molecule has 1 aliphatic heterocycles. The van der Waals surface area contributed by atoms with Crippen LogP contribution >= 0.6 is 11.6 Å². The zero-order valence-corrected chi connectivity index (χ0v) is 13.5. The second-order valence-electron chi connectivity index (χ2n) is 5.59. The lowest BCUT2D eigenvalue weighted by molar-refractivity contribution is -0.227. The van der Waals surface area contributed by atoms with Crippen molar-refractivity contribution in [1.29, 1.82) is 0 Å². The summed E-state index contributed by atoms with van der Waals surface area (Å²) in [7, 11) is -3.95. The first-order valence-corrected chi connectivity index (χ1v) is 9.06. The predicted octanol–water partition coefficient (Wildman–Crippen LogP) is 2.67. The molecule has 1 aliphatic carbocycles. The summed E-state index contributed by atoms with van der Waals surface area (Å²) in [5.41, 5.74) is 0.808. The van der Waals surface area contributed by atoms with E-state index in [4.69, 9.17) is 26.2 Å². The first-order valence-electron chi connectivity index (χ1n) is 7.21. The highest BCUT2D eigenvalue weighted by atomic mass is 35.5. The lowest BCUT2D eigenvalue weighted by Gasteiger charge is -2.40. The Balaban J connectivity index is 1.83. The molecule has 0 saturated heterocycles. The highest BCUT2D eigenvalue weighted by Gasteiger charge is 2.44. The van der Waals surface area contributed by atoms with Crippen molar-refractivity contribution in [3.05, 3.63) is 28.8 Å². The third kappa shape index (κ3) is 3.38. The number of nitrogens with two attached hydrogens (primary N) is 1. The van der Waals surface area contributed by atoms with Gasteiger partial charge in [0, 0.05) is 24.8 Å². The Morgan fingerprint density at radius 1 is 1.36 bits per heavy atom. The number of rotatable bonds is 4. The summed E-state index contributed by atoms with van der Waals surface area (Å²) >= 11 is 6.25. The summed E-state index contributed by atoms with van der Waals surface area (Å²) in [4.78, 5) is 0. The fourth-order valence-corrected chi connectivity index (χ4v) is 3.59. The van der Waals surface area contributed by atoms with Crippen LogP contribution in [0, 0.1) is 0 Å². The van der Waals surface area contributed by atoms with Gasteiger partial charge in [-0.05, 0) is 18.9 Å². The minimum Gasteiger partial charge on any atom is -0.460 e. The molecule has 2 N–H and O–H groups in total. The molecular weight excluding hydrogens is 330 g/mol. The van der Waals surface area contributed by atoms with E-state index in [9.17, 15) is 8.42 Å². The average molecular weight is 348 g/mol. The van der Waals surface area contributed by atoms with Crippen molar-refractivity contribution in [2.24, 2.45) is 5.14 Å². The van der Waals surface area contributed by atoms with Gasteiger partial charge in [-0.15, -0.1) is 0 Å². The van der Waals surface area contributed by atoms with E-state index in [1.165, 1.54) is 0 Å². The van der Waals surface area contributed by atoms with Crippen LogP contribution in [0.15, 0.2) is 18.2 Å². The topological polar surface area (TPSA) is 87.9 Å². The van der Waals surface area contributed by atoms with E-state index in [2.05, 4.69) is 4.18 Å². The van der Waals surface area contributed by atoms with Gasteiger partial charge in [-0.2, -0.15) is 8.42 Å². The highest BCUT2D eigenvalue weighted by Crippen LogP contribution is 2.49. The Hall–Kier alpha value is -0.860. The largest absolute Gasteiger partial charge is 0.460 e. The third-order valence-corrected chi connectivity index (χ3v) is 4.78. The maximum absolute atomic E-state index is 10.9. The summed E-state index contributed by atoms with van der Waals surface area (Å²) in [5.74, 6) is -0.0394. The summed E-state index contributed by atoms with van der Waals surface area (Å²) in [6.07, 6.45) is 3.67. The van der Waals surface area contributed by atoms with Crippen molar-refractivity contribution >= 4 is 21.9 Å². The van der Waals surface area contributed by atoms with Gasteiger partial charge in [0.15, 0.2) is 0 Å². The van der Waals surface area contributed by atoms with Crippen LogP contribution in [0.25, 0.3) is 0 Å². The molecule has 1 atom stereocenters. The van der Waals surface area contributed by atoms with Gasteiger partial charge in [0.05, 0.1) is 17.7 Å². The number of hydrogen-bond donors (Lipinski definition) is 1. The molecule has 0 amide bonds. The second kappa shape index (κ2) is 5.98. The van der Waals surface area contributed by atoms with E-state index in [0.29, 0.717) is 17.2 Å². The minimum absolute atomic E-state index is 0.0501. The van der Waals surface area contributed by atoms with Gasteiger partial charge in [0.25, 0.3) is 0 Å². The van der Waals surface area contributed by atoms with Crippen molar-refractivity contribution in [2.45, 2.75) is 44.0 Å². The quantitative estimate of drug-likeness (QED) is 0.904. The van der Waals surface area contributed by atoms with Crippen molar-refractivity contribution in [3.8, 4) is 5.75 Å². The molecule has 1 spiro atoms. The molecule has 1 unspecified atom stereocenters. The molecule has 1 heterocycles. The molecule has 22 heavy (non-hydrogen) atoms. The average Bonchev–Trinajstić information content (AvgIpc) is 2.87. The monoisotopic (exact) mass is 347 g/mol. The first kappa shape index (κ1) is 16.0. The van der Waals surface area contributed by atoms with E-state index in [1.54, 1.807) is 6.07 Å². The fourth-order valence-electron chi connectivity index (χ4n) is 3.04. The molecule has 0 bridgehead atoms. The fraction of sp³-hybridized carbons (Fsp3) is 0.571. The van der Waals surface area contributed by atoms with Gasteiger partial charge in [-0.25, -0.2) is 5.14 Å². The Labute approximate surface area is 134 Å². The summed E-state index contributed by atoms with van der Waals surface area (Å²) < 4.78 is 38.6. The molecule has 0 aromatic heterocycles. The zero-order chi connectivity index (χ0) is 15.8. The van der Waals surface area contributed by atoms with Crippen LogP contribution in [0.1, 0.15) is 43.8 Å². The Kier molecular flexibility index (Phi) is 4.35. The number of benzene rings is 1. The third-order valence-electron chi connectivity index (χ3n) is 3.98. The summed E-state index contributed by atoms with van der Waals surface area (Å²) in [5, 5.41) is 5.38. The van der Waals surface area contributed by atoms with Gasteiger partial charge < -0.3 is 9.47 Å². The Bertz CT molecular complexity index is 657. The molecule has 1 aromatic carbocycles. The van der Waals surface area contributed by atoms with E-state index in [-0.39, 0.29) is 12.7 Å². The smallest absolute Gasteiger partial charge is 0.333 e. The van der Waals surface area contributed by atoms with Crippen LogP contribution in [0.2, 0.25) is 5.02 Å². The number of ether oxygens (including phenoxy) is 2. The van der Waals surface area contributed by atoms with Crippen molar-refractivity contribution in [3.63, 3.8) is 0 Å². The molecule has 1 saturated carbocycles. The van der Waals surface area contributed by atoms with Crippen molar-refractivity contribution < 1.29 is 22.1 Å². The van der Waals surface area contributed by atoms with E-state index in [0.717, 1.165) is 31.2 Å². The molecule has 6 nitrogen and oxygen atoms in total. The standard InChI is InChI=1S/C14H18ClNO5S/c15-11-5-3-4-10-12(6-9-19-22(16,17)18)20-14(21-13(10)11)7-1-2-8-14/h3-5,12H,1-2,6-9H2,(H2,16,17,18). The van der Waals surface area contributed by atoms with Crippen LogP contribution in [0.4, 0.5) is 0 Å². The number of para-hydroxylation sites is 1. The number of halogens is 1. The summed E-state index contributed by atoms with van der Waals surface area (Å²) in [6.45, 7) is -0.0501. The highest BCUT2D eigenvalue weighted by molar-refractivity contribution is 7.84. The molecular formula is C14H18ClNO5S. The Morgan fingerprint density at radius 2 is 2.09 bits per heavy atom. The minimum atomic E-state index is -3.95. The van der Waals surface area contributed by atoms with E-state index in [1.807, 2.05) is 12.1 Å². The SMILES string of the molecule is NS(=O)(=O)OCCC1OC2(CCCC2)Oc2c(Cl)cccc21. The van der Waals surface area contributed by atoms with Gasteiger partial charge in [0.2, 0.25) is 5.79 Å². The lowest BCUT2D eigenvalue weighted by Crippen LogP contribution is -2.41. The second-order valence-corrected chi connectivity index (χ2v) is 7.22. The molecule has 0 radical (unpaired) electrons.